The Morgan fingerprint density at radius 2 is 2.27 bits per heavy atom. The van der Waals surface area contributed by atoms with Crippen LogP contribution in [0.1, 0.15) is 5.56 Å². The fourth-order valence-corrected chi connectivity index (χ4v) is 2.12. The van der Waals surface area contributed by atoms with Crippen LogP contribution < -0.4 is 5.73 Å². The van der Waals surface area contributed by atoms with Crippen LogP contribution in [0.2, 0.25) is 0 Å². The normalized spacial score (nSPS) is 10.1. The monoisotopic (exact) mass is 235 g/mol. The maximum absolute atomic E-state index is 7.35. The summed E-state index contributed by atoms with van der Waals surface area (Å²) >= 11 is 6.50. The summed E-state index contributed by atoms with van der Waals surface area (Å²) in [6.07, 6.45) is 0. The average Bonchev–Trinajstić information content (AvgIpc) is 2.65. The number of hydrogen-bond acceptors (Lipinski definition) is 3. The highest BCUT2D eigenvalue weighted by Gasteiger charge is 2.02. The third-order valence-electron chi connectivity index (χ3n) is 2.01. The van der Waals surface area contributed by atoms with Gasteiger partial charge in [0.25, 0.3) is 0 Å². The first-order valence-electron chi connectivity index (χ1n) is 4.29. The van der Waals surface area contributed by atoms with E-state index in [0.717, 1.165) is 20.8 Å². The van der Waals surface area contributed by atoms with Gasteiger partial charge >= 0.3 is 0 Å². The van der Waals surface area contributed by atoms with Crippen molar-refractivity contribution in [3.05, 3.63) is 39.2 Å². The summed E-state index contributed by atoms with van der Waals surface area (Å²) in [4.78, 5) is 3.08. The molecule has 3 nitrogen and oxygen atoms in total. The first-order valence-corrected chi connectivity index (χ1v) is 5.58. The summed E-state index contributed by atoms with van der Waals surface area (Å²) in [5.41, 5.74) is 8.10. The zero-order valence-electron chi connectivity index (χ0n) is 7.78. The van der Waals surface area contributed by atoms with Crippen LogP contribution in [0.3, 0.4) is 0 Å². The van der Waals surface area contributed by atoms with Crippen molar-refractivity contribution in [3.8, 4) is 11.3 Å². The van der Waals surface area contributed by atoms with Gasteiger partial charge < -0.3 is 10.7 Å². The van der Waals surface area contributed by atoms with Gasteiger partial charge in [-0.05, 0) is 23.8 Å². The van der Waals surface area contributed by atoms with Crippen molar-refractivity contribution < 1.29 is 0 Å². The fourth-order valence-electron chi connectivity index (χ4n) is 1.28. The molecule has 2 rings (SSSR count). The Bertz CT molecular complexity index is 554. The molecule has 0 unspecified atom stereocenters. The van der Waals surface area contributed by atoms with E-state index in [9.17, 15) is 0 Å². The van der Waals surface area contributed by atoms with Gasteiger partial charge in [0.1, 0.15) is 5.84 Å². The van der Waals surface area contributed by atoms with Crippen LogP contribution in [0.15, 0.2) is 29.6 Å². The van der Waals surface area contributed by atoms with Crippen LogP contribution in [0.4, 0.5) is 0 Å². The van der Waals surface area contributed by atoms with Crippen molar-refractivity contribution in [2.75, 3.05) is 0 Å². The van der Waals surface area contributed by atoms with Crippen LogP contribution in [-0.2, 0) is 0 Å². The molecule has 2 aromatic rings. The molecule has 0 atom stereocenters. The van der Waals surface area contributed by atoms with E-state index >= 15 is 0 Å². The van der Waals surface area contributed by atoms with Crippen molar-refractivity contribution in [1.82, 2.24) is 4.98 Å². The molecule has 0 amide bonds. The van der Waals surface area contributed by atoms with Gasteiger partial charge in [0, 0.05) is 10.9 Å². The molecule has 4 N–H and O–H groups in total. The number of aromatic amines is 1. The Hall–Kier alpha value is -1.46. The van der Waals surface area contributed by atoms with Crippen molar-refractivity contribution >= 4 is 29.4 Å². The lowest BCUT2D eigenvalue weighted by Gasteiger charge is -2.01. The summed E-state index contributed by atoms with van der Waals surface area (Å²) in [7, 11) is 0. The molecule has 1 aromatic heterocycles. The van der Waals surface area contributed by atoms with Crippen LogP contribution in [0, 0.1) is 9.36 Å². The minimum atomic E-state index is 0.0747. The minimum absolute atomic E-state index is 0.0747. The summed E-state index contributed by atoms with van der Waals surface area (Å²) in [6, 6.07) is 7.52. The zero-order chi connectivity index (χ0) is 10.8. The molecule has 0 saturated carbocycles. The molecule has 0 aliphatic carbocycles. The van der Waals surface area contributed by atoms with Gasteiger partial charge in [0.15, 0.2) is 3.95 Å². The van der Waals surface area contributed by atoms with Gasteiger partial charge in [-0.2, -0.15) is 0 Å². The Kier molecular flexibility index (Phi) is 2.66. The maximum Gasteiger partial charge on any atom is 0.158 e. The van der Waals surface area contributed by atoms with E-state index in [-0.39, 0.29) is 5.84 Å². The number of nitrogen functional groups attached to an aromatic ring is 1. The number of nitrogens with two attached hydrogens (primary N) is 1. The summed E-state index contributed by atoms with van der Waals surface area (Å²) in [5.74, 6) is 0.0747. The number of aromatic nitrogens is 1. The third kappa shape index (κ3) is 2.14. The summed E-state index contributed by atoms with van der Waals surface area (Å²) in [5, 5.41) is 9.31. The number of rotatable bonds is 2. The first kappa shape index (κ1) is 10.1. The lowest BCUT2D eigenvalue weighted by Crippen LogP contribution is -2.10. The van der Waals surface area contributed by atoms with Gasteiger partial charge in [0.05, 0.1) is 5.69 Å². The molecule has 15 heavy (non-hydrogen) atoms. The van der Waals surface area contributed by atoms with Crippen LogP contribution in [0.25, 0.3) is 11.3 Å². The smallest absolute Gasteiger partial charge is 0.158 e. The van der Waals surface area contributed by atoms with Crippen LogP contribution in [-0.4, -0.2) is 10.8 Å². The second-order valence-electron chi connectivity index (χ2n) is 3.06. The molecule has 5 heteroatoms. The highest BCUT2D eigenvalue weighted by Crippen LogP contribution is 2.20. The Morgan fingerprint density at radius 1 is 1.47 bits per heavy atom. The van der Waals surface area contributed by atoms with Crippen molar-refractivity contribution in [1.29, 1.82) is 5.41 Å². The molecule has 0 saturated heterocycles. The number of thiazole rings is 1. The minimum Gasteiger partial charge on any atom is -0.384 e. The molecule has 76 valence electrons. The zero-order valence-corrected chi connectivity index (χ0v) is 9.41. The van der Waals surface area contributed by atoms with Crippen molar-refractivity contribution in [3.63, 3.8) is 0 Å². The molecule has 0 spiro atoms. The van der Waals surface area contributed by atoms with E-state index in [2.05, 4.69) is 4.98 Å². The number of amidine groups is 1. The summed E-state index contributed by atoms with van der Waals surface area (Å²) in [6.45, 7) is 0. The van der Waals surface area contributed by atoms with Gasteiger partial charge in [-0.1, -0.05) is 18.2 Å². The van der Waals surface area contributed by atoms with Gasteiger partial charge in [-0.25, -0.2) is 0 Å². The van der Waals surface area contributed by atoms with Crippen molar-refractivity contribution in [2.45, 2.75) is 0 Å². The number of nitrogens with one attached hydrogen (secondary N) is 2. The van der Waals surface area contributed by atoms with Crippen molar-refractivity contribution in [2.24, 2.45) is 5.73 Å². The Labute approximate surface area is 96.1 Å². The summed E-state index contributed by atoms with van der Waals surface area (Å²) < 4.78 is 0.748. The van der Waals surface area contributed by atoms with E-state index in [4.69, 9.17) is 23.4 Å². The lowest BCUT2D eigenvalue weighted by molar-refractivity contribution is 1.38. The average molecular weight is 235 g/mol. The van der Waals surface area contributed by atoms with Crippen LogP contribution in [0.5, 0.6) is 0 Å². The molecule has 0 radical (unpaired) electrons. The number of H-pyrrole nitrogens is 1. The molecule has 0 aliphatic heterocycles. The lowest BCUT2D eigenvalue weighted by atomic mass is 10.1. The van der Waals surface area contributed by atoms with E-state index in [1.165, 1.54) is 11.3 Å². The molecule has 0 fully saturated rings. The number of hydrogen-bond donors (Lipinski definition) is 3. The second kappa shape index (κ2) is 3.96. The molecule has 1 aromatic carbocycles. The predicted molar refractivity (Wildman–Crippen MR) is 66.0 cm³/mol. The maximum atomic E-state index is 7.35. The molecular weight excluding hydrogens is 226 g/mol. The predicted octanol–water partition coefficient (Wildman–Crippen LogP) is 2.76. The van der Waals surface area contributed by atoms with E-state index in [1.54, 1.807) is 0 Å². The van der Waals surface area contributed by atoms with E-state index in [0.29, 0.717) is 0 Å². The quantitative estimate of drug-likeness (QED) is 0.425. The van der Waals surface area contributed by atoms with Gasteiger partial charge in [-0.15, -0.1) is 11.3 Å². The topological polar surface area (TPSA) is 65.7 Å². The molecule has 0 aliphatic rings. The number of benzene rings is 1. The highest BCUT2D eigenvalue weighted by molar-refractivity contribution is 7.73. The molecule has 0 bridgehead atoms. The highest BCUT2D eigenvalue weighted by atomic mass is 32.1. The van der Waals surface area contributed by atoms with Gasteiger partial charge in [-0.3, -0.25) is 5.41 Å². The standard InChI is InChI=1S/C10H9N3S2/c11-9(12)7-3-1-2-6(4-7)8-5-15-10(14)13-8/h1-5H,(H3,11,12)(H,13,14). The molecule has 1 heterocycles. The van der Waals surface area contributed by atoms with E-state index < -0.39 is 0 Å². The Morgan fingerprint density at radius 3 is 2.87 bits per heavy atom. The van der Waals surface area contributed by atoms with Gasteiger partial charge in [0.2, 0.25) is 0 Å². The fraction of sp³-hybridized carbons (Fsp3) is 0. The van der Waals surface area contributed by atoms with E-state index in [1.807, 2.05) is 29.6 Å². The molecular formula is C10H9N3S2. The Balaban J connectivity index is 2.49. The largest absolute Gasteiger partial charge is 0.384 e. The van der Waals surface area contributed by atoms with Crippen LogP contribution >= 0.6 is 23.6 Å². The second-order valence-corrected chi connectivity index (χ2v) is 4.60. The third-order valence-corrected chi connectivity index (χ3v) is 3.07. The SMILES string of the molecule is N=C(N)c1cccc(-c2csc(=S)[nH]2)c1. The first-order chi connectivity index (χ1) is 7.16.